The van der Waals surface area contributed by atoms with E-state index in [2.05, 4.69) is 25.3 Å². The normalized spacial score (nSPS) is 14.7. The third-order valence-corrected chi connectivity index (χ3v) is 3.00. The standard InChI is InChI=1S/C13H15N5/c1-9-6-17-13(12-7-14-4-5-15-12)18-11(9)8-16-10-2-3-10/h4-7,10,16H,2-3,8H2,1H3. The van der Waals surface area contributed by atoms with Crippen molar-refractivity contribution in [3.8, 4) is 11.5 Å². The summed E-state index contributed by atoms with van der Waals surface area (Å²) in [5.74, 6) is 0.640. The topological polar surface area (TPSA) is 63.6 Å². The Bertz CT molecular complexity index is 536. The monoisotopic (exact) mass is 241 g/mol. The van der Waals surface area contributed by atoms with E-state index >= 15 is 0 Å². The first-order valence-electron chi connectivity index (χ1n) is 6.15. The molecule has 2 aromatic rings. The van der Waals surface area contributed by atoms with Gasteiger partial charge in [-0.05, 0) is 25.3 Å². The average molecular weight is 241 g/mol. The predicted molar refractivity (Wildman–Crippen MR) is 67.7 cm³/mol. The van der Waals surface area contributed by atoms with Gasteiger partial charge in [-0.3, -0.25) is 4.98 Å². The first-order chi connectivity index (χ1) is 8.83. The zero-order chi connectivity index (χ0) is 12.4. The molecule has 0 bridgehead atoms. The van der Waals surface area contributed by atoms with Crippen molar-refractivity contribution in [2.24, 2.45) is 0 Å². The van der Waals surface area contributed by atoms with E-state index in [0.717, 1.165) is 17.8 Å². The van der Waals surface area contributed by atoms with Crippen LogP contribution in [0.1, 0.15) is 24.1 Å². The molecule has 0 aromatic carbocycles. The summed E-state index contributed by atoms with van der Waals surface area (Å²) in [5.41, 5.74) is 2.86. The zero-order valence-electron chi connectivity index (χ0n) is 10.3. The molecule has 0 saturated heterocycles. The van der Waals surface area contributed by atoms with Crippen LogP contribution >= 0.6 is 0 Å². The molecule has 0 spiro atoms. The van der Waals surface area contributed by atoms with E-state index in [0.29, 0.717) is 17.6 Å². The maximum atomic E-state index is 4.57. The number of aromatic nitrogens is 4. The van der Waals surface area contributed by atoms with E-state index in [-0.39, 0.29) is 0 Å². The Balaban J connectivity index is 1.84. The largest absolute Gasteiger partial charge is 0.308 e. The summed E-state index contributed by atoms with van der Waals surface area (Å²) in [6.45, 7) is 2.83. The molecule has 92 valence electrons. The van der Waals surface area contributed by atoms with E-state index in [4.69, 9.17) is 0 Å². The summed E-state index contributed by atoms with van der Waals surface area (Å²) in [6, 6.07) is 0.680. The molecule has 1 aliphatic rings. The minimum Gasteiger partial charge on any atom is -0.308 e. The molecule has 1 fully saturated rings. The molecule has 0 unspecified atom stereocenters. The summed E-state index contributed by atoms with van der Waals surface area (Å²) in [5, 5.41) is 3.47. The molecular formula is C13H15N5. The van der Waals surface area contributed by atoms with Crippen LogP contribution in [-0.4, -0.2) is 26.0 Å². The zero-order valence-corrected chi connectivity index (χ0v) is 10.3. The van der Waals surface area contributed by atoms with Gasteiger partial charge in [-0.1, -0.05) is 0 Å². The summed E-state index contributed by atoms with van der Waals surface area (Å²) in [6.07, 6.45) is 9.39. The molecule has 0 atom stereocenters. The highest BCUT2D eigenvalue weighted by atomic mass is 15.0. The first kappa shape index (κ1) is 11.2. The Hall–Kier alpha value is -1.88. The molecule has 0 aliphatic heterocycles. The highest BCUT2D eigenvalue weighted by Crippen LogP contribution is 2.20. The van der Waals surface area contributed by atoms with Gasteiger partial charge in [0.1, 0.15) is 5.69 Å². The van der Waals surface area contributed by atoms with E-state index in [1.54, 1.807) is 18.6 Å². The lowest BCUT2D eigenvalue weighted by Crippen LogP contribution is -2.17. The second-order valence-electron chi connectivity index (χ2n) is 4.57. The summed E-state index contributed by atoms with van der Waals surface area (Å²) in [7, 11) is 0. The van der Waals surface area contributed by atoms with E-state index in [1.165, 1.54) is 12.8 Å². The number of aryl methyl sites for hydroxylation is 1. The van der Waals surface area contributed by atoms with Crippen LogP contribution in [-0.2, 0) is 6.54 Å². The third-order valence-electron chi connectivity index (χ3n) is 3.00. The van der Waals surface area contributed by atoms with Crippen molar-refractivity contribution in [3.05, 3.63) is 36.0 Å². The van der Waals surface area contributed by atoms with Crippen LogP contribution in [0.5, 0.6) is 0 Å². The lowest BCUT2D eigenvalue weighted by atomic mass is 10.2. The van der Waals surface area contributed by atoms with Crippen molar-refractivity contribution in [2.45, 2.75) is 32.4 Å². The molecule has 1 saturated carbocycles. The van der Waals surface area contributed by atoms with E-state index in [9.17, 15) is 0 Å². The van der Waals surface area contributed by atoms with Crippen LogP contribution in [0.4, 0.5) is 0 Å². The van der Waals surface area contributed by atoms with Gasteiger partial charge in [-0.15, -0.1) is 0 Å². The number of hydrogen-bond donors (Lipinski definition) is 1. The van der Waals surface area contributed by atoms with Gasteiger partial charge in [0.25, 0.3) is 0 Å². The fourth-order valence-electron chi connectivity index (χ4n) is 1.72. The lowest BCUT2D eigenvalue weighted by Gasteiger charge is -2.07. The fourth-order valence-corrected chi connectivity index (χ4v) is 1.72. The smallest absolute Gasteiger partial charge is 0.180 e. The highest BCUT2D eigenvalue weighted by Gasteiger charge is 2.20. The number of hydrogen-bond acceptors (Lipinski definition) is 5. The fraction of sp³-hybridized carbons (Fsp3) is 0.385. The molecule has 0 radical (unpaired) electrons. The molecule has 2 aromatic heterocycles. The molecular weight excluding hydrogens is 226 g/mol. The van der Waals surface area contributed by atoms with Gasteiger partial charge in [0.2, 0.25) is 0 Å². The van der Waals surface area contributed by atoms with Gasteiger partial charge in [-0.25, -0.2) is 15.0 Å². The van der Waals surface area contributed by atoms with Gasteiger partial charge >= 0.3 is 0 Å². The van der Waals surface area contributed by atoms with Gasteiger partial charge < -0.3 is 5.32 Å². The van der Waals surface area contributed by atoms with Crippen LogP contribution in [0.2, 0.25) is 0 Å². The maximum absolute atomic E-state index is 4.57. The molecule has 3 rings (SSSR count). The summed E-state index contributed by atoms with van der Waals surface area (Å²) < 4.78 is 0. The van der Waals surface area contributed by atoms with Crippen molar-refractivity contribution >= 4 is 0 Å². The second-order valence-corrected chi connectivity index (χ2v) is 4.57. The van der Waals surface area contributed by atoms with Gasteiger partial charge in [0.05, 0.1) is 11.9 Å². The molecule has 1 N–H and O–H groups in total. The predicted octanol–water partition coefficient (Wildman–Crippen LogP) is 1.49. The third kappa shape index (κ3) is 2.51. The Morgan fingerprint density at radius 1 is 1.22 bits per heavy atom. The van der Waals surface area contributed by atoms with Gasteiger partial charge in [-0.2, -0.15) is 0 Å². The highest BCUT2D eigenvalue weighted by molar-refractivity contribution is 5.47. The molecule has 0 amide bonds. The Labute approximate surface area is 106 Å². The van der Waals surface area contributed by atoms with E-state index < -0.39 is 0 Å². The maximum Gasteiger partial charge on any atom is 0.180 e. The lowest BCUT2D eigenvalue weighted by molar-refractivity contribution is 0.669. The van der Waals surface area contributed by atoms with Crippen LogP contribution < -0.4 is 5.32 Å². The molecule has 5 heteroatoms. The Morgan fingerprint density at radius 3 is 2.83 bits per heavy atom. The quantitative estimate of drug-likeness (QED) is 0.878. The SMILES string of the molecule is Cc1cnc(-c2cnccn2)nc1CNC1CC1. The van der Waals surface area contributed by atoms with Crippen molar-refractivity contribution in [1.82, 2.24) is 25.3 Å². The number of rotatable bonds is 4. The molecule has 18 heavy (non-hydrogen) atoms. The van der Waals surface area contributed by atoms with Gasteiger partial charge in [0, 0.05) is 31.2 Å². The summed E-state index contributed by atoms with van der Waals surface area (Å²) >= 11 is 0. The number of nitrogens with zero attached hydrogens (tertiary/aromatic N) is 4. The van der Waals surface area contributed by atoms with Crippen molar-refractivity contribution in [2.75, 3.05) is 0 Å². The molecule has 5 nitrogen and oxygen atoms in total. The average Bonchev–Trinajstić information content (AvgIpc) is 3.23. The molecule has 2 heterocycles. The van der Waals surface area contributed by atoms with Crippen LogP contribution in [0.15, 0.2) is 24.8 Å². The Kier molecular flexibility index (Phi) is 2.98. The van der Waals surface area contributed by atoms with Crippen LogP contribution in [0.3, 0.4) is 0 Å². The first-order valence-corrected chi connectivity index (χ1v) is 6.15. The Morgan fingerprint density at radius 2 is 2.11 bits per heavy atom. The van der Waals surface area contributed by atoms with E-state index in [1.807, 2.05) is 13.1 Å². The van der Waals surface area contributed by atoms with Crippen LogP contribution in [0.25, 0.3) is 11.5 Å². The minimum absolute atomic E-state index is 0.640. The number of nitrogens with one attached hydrogen (secondary N) is 1. The molecule has 1 aliphatic carbocycles. The van der Waals surface area contributed by atoms with Crippen molar-refractivity contribution < 1.29 is 0 Å². The van der Waals surface area contributed by atoms with Crippen molar-refractivity contribution in [3.63, 3.8) is 0 Å². The van der Waals surface area contributed by atoms with Crippen LogP contribution in [0, 0.1) is 6.92 Å². The van der Waals surface area contributed by atoms with Crippen molar-refractivity contribution in [1.29, 1.82) is 0 Å². The second kappa shape index (κ2) is 4.78. The van der Waals surface area contributed by atoms with Gasteiger partial charge in [0.15, 0.2) is 5.82 Å². The minimum atomic E-state index is 0.640. The summed E-state index contributed by atoms with van der Waals surface area (Å²) in [4.78, 5) is 17.1.